The van der Waals surface area contributed by atoms with E-state index in [4.69, 9.17) is 11.6 Å². The Bertz CT molecular complexity index is 867. The number of nitrogens with one attached hydrogen (secondary N) is 1. The highest BCUT2D eigenvalue weighted by molar-refractivity contribution is 6.30. The summed E-state index contributed by atoms with van der Waals surface area (Å²) in [4.78, 5) is 28.9. The predicted molar refractivity (Wildman–Crippen MR) is 117 cm³/mol. The number of carbonyl (C=O) groups is 2. The Balaban J connectivity index is 1.50. The van der Waals surface area contributed by atoms with Crippen LogP contribution in [0.15, 0.2) is 42.5 Å². The Morgan fingerprint density at radius 2 is 1.66 bits per heavy atom. The van der Waals surface area contributed by atoms with Crippen molar-refractivity contribution in [3.8, 4) is 0 Å². The van der Waals surface area contributed by atoms with Gasteiger partial charge in [0.2, 0.25) is 5.91 Å². The minimum absolute atomic E-state index is 0.142. The molecule has 1 heterocycles. The summed E-state index contributed by atoms with van der Waals surface area (Å²) in [5.74, 6) is 0.157. The third-order valence-corrected chi connectivity index (χ3v) is 5.59. The van der Waals surface area contributed by atoms with Crippen molar-refractivity contribution in [2.75, 3.05) is 31.5 Å². The van der Waals surface area contributed by atoms with Gasteiger partial charge >= 0.3 is 6.03 Å². The maximum atomic E-state index is 12.7. The molecule has 5 nitrogen and oxygen atoms in total. The first kappa shape index (κ1) is 21.2. The van der Waals surface area contributed by atoms with Crippen molar-refractivity contribution in [1.82, 2.24) is 9.80 Å². The molecule has 3 rings (SSSR count). The highest BCUT2D eigenvalue weighted by Crippen LogP contribution is 2.16. The van der Waals surface area contributed by atoms with Crippen LogP contribution in [0.4, 0.5) is 10.5 Å². The van der Waals surface area contributed by atoms with Gasteiger partial charge in [-0.2, -0.15) is 0 Å². The number of benzene rings is 2. The molecule has 0 spiro atoms. The Hall–Kier alpha value is -2.53. The Morgan fingerprint density at radius 3 is 2.38 bits per heavy atom. The zero-order valence-electron chi connectivity index (χ0n) is 17.1. The van der Waals surface area contributed by atoms with Crippen LogP contribution in [-0.4, -0.2) is 47.9 Å². The van der Waals surface area contributed by atoms with Gasteiger partial charge in [0, 0.05) is 43.3 Å². The lowest BCUT2D eigenvalue weighted by Gasteiger charge is -2.22. The molecule has 0 aromatic heterocycles. The van der Waals surface area contributed by atoms with Gasteiger partial charge in [0.15, 0.2) is 0 Å². The first-order chi connectivity index (χ1) is 13.9. The third-order valence-electron chi connectivity index (χ3n) is 5.34. The fourth-order valence-corrected chi connectivity index (χ4v) is 3.76. The van der Waals surface area contributed by atoms with E-state index in [9.17, 15) is 9.59 Å². The molecule has 1 aliphatic rings. The van der Waals surface area contributed by atoms with Gasteiger partial charge in [0.05, 0.1) is 0 Å². The number of halogens is 1. The molecule has 1 aliphatic heterocycles. The number of carbonyl (C=O) groups excluding carboxylic acids is 2. The summed E-state index contributed by atoms with van der Waals surface area (Å²) < 4.78 is 0. The lowest BCUT2D eigenvalue weighted by Crippen LogP contribution is -2.39. The van der Waals surface area contributed by atoms with Crippen LogP contribution in [0, 0.1) is 13.8 Å². The molecule has 2 aromatic rings. The van der Waals surface area contributed by atoms with Crippen LogP contribution in [0.3, 0.4) is 0 Å². The van der Waals surface area contributed by atoms with Crippen molar-refractivity contribution in [2.24, 2.45) is 0 Å². The predicted octanol–water partition coefficient (Wildman–Crippen LogP) is 4.66. The van der Waals surface area contributed by atoms with E-state index in [-0.39, 0.29) is 11.9 Å². The van der Waals surface area contributed by atoms with Gasteiger partial charge in [-0.15, -0.1) is 0 Å². The number of amides is 3. The fourth-order valence-electron chi connectivity index (χ4n) is 3.63. The van der Waals surface area contributed by atoms with Crippen molar-refractivity contribution >= 4 is 29.2 Å². The van der Waals surface area contributed by atoms with Crippen molar-refractivity contribution in [1.29, 1.82) is 0 Å². The Kier molecular flexibility index (Phi) is 7.15. The second kappa shape index (κ2) is 9.79. The maximum absolute atomic E-state index is 12.7. The van der Waals surface area contributed by atoms with E-state index >= 15 is 0 Å². The van der Waals surface area contributed by atoms with E-state index in [1.807, 2.05) is 4.90 Å². The van der Waals surface area contributed by atoms with Gasteiger partial charge in [-0.3, -0.25) is 4.79 Å². The van der Waals surface area contributed by atoms with Crippen LogP contribution in [0.1, 0.15) is 29.5 Å². The average molecular weight is 414 g/mol. The molecule has 6 heteroatoms. The Morgan fingerprint density at radius 1 is 0.966 bits per heavy atom. The highest BCUT2D eigenvalue weighted by atomic mass is 35.5. The number of rotatable bonds is 4. The molecule has 2 aromatic carbocycles. The number of anilines is 1. The highest BCUT2D eigenvalue weighted by Gasteiger charge is 2.22. The molecular formula is C23H28ClN3O2. The van der Waals surface area contributed by atoms with Crippen LogP contribution in [0.2, 0.25) is 5.02 Å². The molecular weight excluding hydrogens is 386 g/mol. The normalized spacial score (nSPS) is 14.4. The summed E-state index contributed by atoms with van der Waals surface area (Å²) in [6, 6.07) is 13.3. The molecule has 1 N–H and O–H groups in total. The first-order valence-corrected chi connectivity index (χ1v) is 10.5. The van der Waals surface area contributed by atoms with Crippen LogP contribution in [-0.2, 0) is 11.2 Å². The zero-order valence-corrected chi connectivity index (χ0v) is 17.8. The number of hydrogen-bond acceptors (Lipinski definition) is 2. The molecule has 0 bridgehead atoms. The number of aryl methyl sites for hydroxylation is 3. The van der Waals surface area contributed by atoms with Gasteiger partial charge in [-0.05, 0) is 62.1 Å². The summed E-state index contributed by atoms with van der Waals surface area (Å²) in [5.41, 5.74) is 4.41. The molecule has 154 valence electrons. The largest absolute Gasteiger partial charge is 0.341 e. The van der Waals surface area contributed by atoms with E-state index in [0.29, 0.717) is 43.3 Å². The van der Waals surface area contributed by atoms with Crippen LogP contribution >= 0.6 is 11.6 Å². The van der Waals surface area contributed by atoms with Gasteiger partial charge in [0.1, 0.15) is 0 Å². The summed E-state index contributed by atoms with van der Waals surface area (Å²) in [6.07, 6.45) is 2.03. The lowest BCUT2D eigenvalue weighted by atomic mass is 10.0. The number of nitrogens with zero attached hydrogens (tertiary/aromatic N) is 2. The fraction of sp³-hybridized carbons (Fsp3) is 0.391. The summed E-state index contributed by atoms with van der Waals surface area (Å²) in [5, 5.41) is 3.53. The quantitative estimate of drug-likeness (QED) is 0.792. The van der Waals surface area contributed by atoms with E-state index in [0.717, 1.165) is 12.8 Å². The monoisotopic (exact) mass is 413 g/mol. The maximum Gasteiger partial charge on any atom is 0.321 e. The molecule has 0 unspecified atom stereocenters. The molecule has 29 heavy (non-hydrogen) atoms. The molecule has 1 saturated heterocycles. The van der Waals surface area contributed by atoms with E-state index in [2.05, 4.69) is 37.4 Å². The minimum Gasteiger partial charge on any atom is -0.341 e. The van der Waals surface area contributed by atoms with Gasteiger partial charge in [-0.25, -0.2) is 4.79 Å². The standard InChI is InChI=1S/C23H28ClN3O2/c1-17-4-5-19(18(2)16-17)6-11-22(28)26-12-3-13-27(15-14-26)23(29)25-21-9-7-20(24)8-10-21/h4-5,7-10,16H,3,6,11-15H2,1-2H3,(H,25,29). The van der Waals surface area contributed by atoms with Crippen molar-refractivity contribution in [3.63, 3.8) is 0 Å². The smallest absolute Gasteiger partial charge is 0.321 e. The van der Waals surface area contributed by atoms with Crippen LogP contribution in [0.5, 0.6) is 0 Å². The second-order valence-corrected chi connectivity index (χ2v) is 8.02. The average Bonchev–Trinajstić information content (AvgIpc) is 2.95. The topological polar surface area (TPSA) is 52.7 Å². The van der Waals surface area contributed by atoms with E-state index in [1.54, 1.807) is 29.2 Å². The van der Waals surface area contributed by atoms with Crippen LogP contribution < -0.4 is 5.32 Å². The minimum atomic E-state index is -0.142. The molecule has 0 radical (unpaired) electrons. The molecule has 0 atom stereocenters. The SMILES string of the molecule is Cc1ccc(CCC(=O)N2CCCN(C(=O)Nc3ccc(Cl)cc3)CC2)c(C)c1. The van der Waals surface area contributed by atoms with Crippen molar-refractivity contribution in [3.05, 3.63) is 64.2 Å². The first-order valence-electron chi connectivity index (χ1n) is 10.1. The number of hydrogen-bond donors (Lipinski definition) is 1. The van der Waals surface area contributed by atoms with Gasteiger partial charge in [-0.1, -0.05) is 35.4 Å². The summed E-state index contributed by atoms with van der Waals surface area (Å²) >= 11 is 5.88. The molecule has 0 aliphatic carbocycles. The summed E-state index contributed by atoms with van der Waals surface area (Å²) in [7, 11) is 0. The van der Waals surface area contributed by atoms with Gasteiger partial charge < -0.3 is 15.1 Å². The van der Waals surface area contributed by atoms with E-state index in [1.165, 1.54) is 16.7 Å². The molecule has 0 saturated carbocycles. The van der Waals surface area contributed by atoms with Crippen molar-refractivity contribution in [2.45, 2.75) is 33.1 Å². The summed E-state index contributed by atoms with van der Waals surface area (Å²) in [6.45, 7) is 6.61. The number of urea groups is 1. The van der Waals surface area contributed by atoms with E-state index < -0.39 is 0 Å². The van der Waals surface area contributed by atoms with Crippen LogP contribution in [0.25, 0.3) is 0 Å². The third kappa shape index (κ3) is 5.97. The molecule has 3 amide bonds. The Labute approximate surface area is 177 Å². The van der Waals surface area contributed by atoms with Crippen molar-refractivity contribution < 1.29 is 9.59 Å². The zero-order chi connectivity index (χ0) is 20.8. The lowest BCUT2D eigenvalue weighted by molar-refractivity contribution is -0.131. The molecule has 1 fully saturated rings. The second-order valence-electron chi connectivity index (χ2n) is 7.59. The van der Waals surface area contributed by atoms with Gasteiger partial charge in [0.25, 0.3) is 0 Å².